The van der Waals surface area contributed by atoms with Crippen LogP contribution in [0.2, 0.25) is 0 Å². The molecule has 27 heavy (non-hydrogen) atoms. The third kappa shape index (κ3) is 4.28. The molecule has 0 N–H and O–H groups in total. The molecular formula is C21H23N3O3. The number of aryl methyl sites for hydroxylation is 1. The highest BCUT2D eigenvalue weighted by atomic mass is 16.6. The van der Waals surface area contributed by atoms with Gasteiger partial charge in [0.15, 0.2) is 0 Å². The smallest absolute Gasteiger partial charge is 0.138 e. The van der Waals surface area contributed by atoms with Crippen molar-refractivity contribution in [2.75, 3.05) is 19.8 Å². The quantitative estimate of drug-likeness (QED) is 0.786. The maximum Gasteiger partial charge on any atom is 0.138 e. The van der Waals surface area contributed by atoms with Crippen LogP contribution in [-0.2, 0) is 27.2 Å². The molecule has 0 aliphatic carbocycles. The SMILES string of the molecule is Cc1cc(C2=NCc3cc(CC(=O)CC[C@H]4COCCO4)ncc32)ccn1. The van der Waals surface area contributed by atoms with E-state index in [-0.39, 0.29) is 11.9 Å². The summed E-state index contributed by atoms with van der Waals surface area (Å²) in [6.45, 7) is 4.44. The van der Waals surface area contributed by atoms with Crippen LogP contribution >= 0.6 is 0 Å². The second-order valence-electron chi connectivity index (χ2n) is 7.01. The van der Waals surface area contributed by atoms with Gasteiger partial charge in [0, 0.05) is 47.8 Å². The molecule has 2 aliphatic rings. The standard InChI is InChI=1S/C21H23N3O3/c1-14-8-15(4-5-22-14)21-20-12-23-17(9-16(20)11-24-21)10-18(25)2-3-19-13-26-6-7-27-19/h4-5,8-9,12,19H,2-3,6-7,10-11,13H2,1H3/t19-/m0/s1. The monoisotopic (exact) mass is 365 g/mol. The predicted molar refractivity (Wildman–Crippen MR) is 101 cm³/mol. The van der Waals surface area contributed by atoms with Gasteiger partial charge in [0.1, 0.15) is 5.78 Å². The Bertz CT molecular complexity index is 873. The molecule has 0 saturated carbocycles. The minimum absolute atomic E-state index is 0.0375. The molecule has 0 amide bonds. The van der Waals surface area contributed by atoms with Gasteiger partial charge in [0.25, 0.3) is 0 Å². The lowest BCUT2D eigenvalue weighted by Crippen LogP contribution is -2.29. The molecule has 0 spiro atoms. The summed E-state index contributed by atoms with van der Waals surface area (Å²) < 4.78 is 11.0. The summed E-state index contributed by atoms with van der Waals surface area (Å²) in [5, 5.41) is 0. The van der Waals surface area contributed by atoms with Gasteiger partial charge in [-0.1, -0.05) is 0 Å². The van der Waals surface area contributed by atoms with E-state index in [1.807, 2.05) is 31.3 Å². The Morgan fingerprint density at radius 2 is 2.19 bits per heavy atom. The van der Waals surface area contributed by atoms with Gasteiger partial charge in [0.05, 0.1) is 38.2 Å². The molecule has 0 bridgehead atoms. The number of carbonyl (C=O) groups is 1. The second kappa shape index (κ2) is 8.06. The summed E-state index contributed by atoms with van der Waals surface area (Å²) in [5.74, 6) is 0.181. The van der Waals surface area contributed by atoms with Crippen LogP contribution in [0.4, 0.5) is 0 Å². The average molecular weight is 365 g/mol. The predicted octanol–water partition coefficient (Wildman–Crippen LogP) is 2.44. The Kier molecular flexibility index (Phi) is 5.36. The van der Waals surface area contributed by atoms with Crippen LogP contribution in [0.5, 0.6) is 0 Å². The number of hydrogen-bond donors (Lipinski definition) is 0. The first-order valence-electron chi connectivity index (χ1n) is 9.36. The molecule has 0 aromatic carbocycles. The van der Waals surface area contributed by atoms with Crippen molar-refractivity contribution < 1.29 is 14.3 Å². The van der Waals surface area contributed by atoms with E-state index in [1.165, 1.54) is 0 Å². The van der Waals surface area contributed by atoms with E-state index in [2.05, 4.69) is 15.0 Å². The zero-order valence-corrected chi connectivity index (χ0v) is 15.5. The number of carbonyl (C=O) groups excluding carboxylic acids is 1. The van der Waals surface area contributed by atoms with Crippen LogP contribution in [0.3, 0.4) is 0 Å². The third-order valence-electron chi connectivity index (χ3n) is 4.89. The van der Waals surface area contributed by atoms with Gasteiger partial charge in [-0.05, 0) is 37.1 Å². The number of pyridine rings is 2. The van der Waals surface area contributed by atoms with E-state index in [0.717, 1.165) is 33.8 Å². The Balaban J connectivity index is 1.38. The molecule has 4 rings (SSSR count). The fourth-order valence-electron chi connectivity index (χ4n) is 3.49. The van der Waals surface area contributed by atoms with Gasteiger partial charge >= 0.3 is 0 Å². The number of rotatable bonds is 6. The summed E-state index contributed by atoms with van der Waals surface area (Å²) in [4.78, 5) is 25.7. The van der Waals surface area contributed by atoms with Crippen molar-refractivity contribution in [3.8, 4) is 0 Å². The van der Waals surface area contributed by atoms with Crippen LogP contribution in [0, 0.1) is 6.92 Å². The maximum atomic E-state index is 12.3. The molecule has 4 heterocycles. The van der Waals surface area contributed by atoms with Crippen molar-refractivity contribution in [2.45, 2.75) is 38.8 Å². The molecule has 6 nitrogen and oxygen atoms in total. The van der Waals surface area contributed by atoms with Crippen molar-refractivity contribution in [3.05, 3.63) is 58.7 Å². The average Bonchev–Trinajstić information content (AvgIpc) is 3.10. The highest BCUT2D eigenvalue weighted by molar-refractivity contribution is 6.15. The van der Waals surface area contributed by atoms with Crippen LogP contribution in [-0.4, -0.2) is 47.4 Å². The zero-order valence-electron chi connectivity index (χ0n) is 15.5. The van der Waals surface area contributed by atoms with Crippen molar-refractivity contribution in [1.29, 1.82) is 0 Å². The van der Waals surface area contributed by atoms with Crippen molar-refractivity contribution in [2.24, 2.45) is 4.99 Å². The first kappa shape index (κ1) is 17.9. The molecule has 1 atom stereocenters. The number of nitrogens with zero attached hydrogens (tertiary/aromatic N) is 3. The summed E-state index contributed by atoms with van der Waals surface area (Å²) in [5.41, 5.74) is 5.95. The van der Waals surface area contributed by atoms with E-state index in [9.17, 15) is 4.79 Å². The lowest BCUT2D eigenvalue weighted by Gasteiger charge is -2.22. The Morgan fingerprint density at radius 3 is 3.00 bits per heavy atom. The highest BCUT2D eigenvalue weighted by Gasteiger charge is 2.20. The van der Waals surface area contributed by atoms with Gasteiger partial charge < -0.3 is 9.47 Å². The van der Waals surface area contributed by atoms with E-state index >= 15 is 0 Å². The number of ether oxygens (including phenoxy) is 2. The fourth-order valence-corrected chi connectivity index (χ4v) is 3.49. The third-order valence-corrected chi connectivity index (χ3v) is 4.89. The molecular weight excluding hydrogens is 342 g/mol. The van der Waals surface area contributed by atoms with Gasteiger partial charge in [-0.25, -0.2) is 0 Å². The molecule has 1 saturated heterocycles. The van der Waals surface area contributed by atoms with Crippen molar-refractivity contribution in [1.82, 2.24) is 9.97 Å². The molecule has 2 aromatic rings. The number of aromatic nitrogens is 2. The number of hydrogen-bond acceptors (Lipinski definition) is 6. The molecule has 2 aromatic heterocycles. The topological polar surface area (TPSA) is 73.7 Å². The van der Waals surface area contributed by atoms with Crippen molar-refractivity contribution in [3.63, 3.8) is 0 Å². The van der Waals surface area contributed by atoms with E-state index in [4.69, 9.17) is 9.47 Å². The van der Waals surface area contributed by atoms with E-state index in [0.29, 0.717) is 45.6 Å². The van der Waals surface area contributed by atoms with Gasteiger partial charge in [-0.3, -0.25) is 19.8 Å². The lowest BCUT2D eigenvalue weighted by atomic mass is 10.0. The zero-order chi connectivity index (χ0) is 18.6. The Labute approximate surface area is 158 Å². The second-order valence-corrected chi connectivity index (χ2v) is 7.01. The molecule has 2 aliphatic heterocycles. The van der Waals surface area contributed by atoms with E-state index in [1.54, 1.807) is 6.20 Å². The largest absolute Gasteiger partial charge is 0.376 e. The minimum atomic E-state index is 0.0375. The Hall–Kier alpha value is -2.44. The molecule has 140 valence electrons. The lowest BCUT2D eigenvalue weighted by molar-refractivity contribution is -0.121. The fraction of sp³-hybridized carbons (Fsp3) is 0.429. The number of Topliss-reactive ketones (excluding diaryl/α,β-unsaturated/α-hetero) is 1. The first-order chi connectivity index (χ1) is 13.2. The number of ketones is 1. The van der Waals surface area contributed by atoms with Gasteiger partial charge in [0.2, 0.25) is 0 Å². The molecule has 0 unspecified atom stereocenters. The molecule has 1 fully saturated rings. The van der Waals surface area contributed by atoms with Crippen LogP contribution in [0.1, 0.15) is 40.9 Å². The number of aliphatic imine (C=N–C) groups is 1. The van der Waals surface area contributed by atoms with Crippen LogP contribution < -0.4 is 0 Å². The summed E-state index contributed by atoms with van der Waals surface area (Å²) in [6, 6.07) is 6.01. The van der Waals surface area contributed by atoms with Crippen LogP contribution in [0.15, 0.2) is 35.6 Å². The summed E-state index contributed by atoms with van der Waals surface area (Å²) >= 11 is 0. The molecule has 6 heteroatoms. The van der Waals surface area contributed by atoms with Crippen molar-refractivity contribution >= 4 is 11.5 Å². The molecule has 0 radical (unpaired) electrons. The number of fused-ring (bicyclic) bond motifs is 1. The van der Waals surface area contributed by atoms with Gasteiger partial charge in [-0.15, -0.1) is 0 Å². The normalized spacial score (nSPS) is 18.9. The summed E-state index contributed by atoms with van der Waals surface area (Å²) in [7, 11) is 0. The maximum absolute atomic E-state index is 12.3. The first-order valence-corrected chi connectivity index (χ1v) is 9.36. The highest BCUT2D eigenvalue weighted by Crippen LogP contribution is 2.23. The van der Waals surface area contributed by atoms with Gasteiger partial charge in [-0.2, -0.15) is 0 Å². The Morgan fingerprint density at radius 1 is 1.26 bits per heavy atom. The summed E-state index contributed by atoms with van der Waals surface area (Å²) in [6.07, 6.45) is 5.23. The van der Waals surface area contributed by atoms with Crippen LogP contribution in [0.25, 0.3) is 0 Å². The minimum Gasteiger partial charge on any atom is -0.376 e. The van der Waals surface area contributed by atoms with E-state index < -0.39 is 0 Å².